The van der Waals surface area contributed by atoms with E-state index in [2.05, 4.69) is 36.1 Å². The Balaban J connectivity index is 1.69. The zero-order valence-electron chi connectivity index (χ0n) is 12.6. The lowest BCUT2D eigenvalue weighted by molar-refractivity contribution is 0.0201. The Morgan fingerprint density at radius 1 is 1.15 bits per heavy atom. The van der Waals surface area contributed by atoms with Crippen molar-refractivity contribution in [1.82, 2.24) is 4.90 Å². The normalized spacial score (nSPS) is 31.6. The van der Waals surface area contributed by atoms with Crippen LogP contribution in [0.15, 0.2) is 24.3 Å². The number of aliphatic hydroxyl groups is 1. The number of rotatable bonds is 3. The highest BCUT2D eigenvalue weighted by molar-refractivity contribution is 5.22. The summed E-state index contributed by atoms with van der Waals surface area (Å²) in [5.41, 5.74) is 2.76. The second-order valence-corrected chi connectivity index (χ2v) is 6.68. The number of likely N-dealkylation sites (tertiary alicyclic amines) is 1. The molecule has 20 heavy (non-hydrogen) atoms. The molecule has 0 aromatic heterocycles. The van der Waals surface area contributed by atoms with E-state index in [-0.39, 0.29) is 6.10 Å². The van der Waals surface area contributed by atoms with Crippen LogP contribution in [0.1, 0.15) is 49.7 Å². The zero-order chi connectivity index (χ0) is 13.9. The van der Waals surface area contributed by atoms with Crippen LogP contribution in [0.25, 0.3) is 0 Å². The van der Waals surface area contributed by atoms with Crippen LogP contribution in [0.2, 0.25) is 0 Å². The van der Waals surface area contributed by atoms with E-state index in [0.29, 0.717) is 12.0 Å². The van der Waals surface area contributed by atoms with Gasteiger partial charge >= 0.3 is 0 Å². The number of nitrogens with zero attached hydrogens (tertiary/aromatic N) is 1. The van der Waals surface area contributed by atoms with Crippen molar-refractivity contribution in [2.75, 3.05) is 6.54 Å². The molecule has 3 unspecified atom stereocenters. The van der Waals surface area contributed by atoms with Crippen molar-refractivity contribution in [3.05, 3.63) is 35.4 Å². The predicted molar refractivity (Wildman–Crippen MR) is 82.6 cm³/mol. The van der Waals surface area contributed by atoms with Crippen LogP contribution in [0, 0.1) is 12.8 Å². The van der Waals surface area contributed by atoms with E-state index in [4.69, 9.17) is 0 Å². The summed E-state index contributed by atoms with van der Waals surface area (Å²) in [5, 5.41) is 10.3. The Labute approximate surface area is 122 Å². The molecule has 1 N–H and O–H groups in total. The highest BCUT2D eigenvalue weighted by Crippen LogP contribution is 2.35. The molecule has 1 aromatic carbocycles. The Kier molecular flexibility index (Phi) is 4.42. The lowest BCUT2D eigenvalue weighted by Crippen LogP contribution is -2.42. The van der Waals surface area contributed by atoms with Crippen molar-refractivity contribution >= 4 is 0 Å². The molecule has 1 aliphatic carbocycles. The minimum absolute atomic E-state index is 0.0631. The topological polar surface area (TPSA) is 23.5 Å². The molecule has 3 atom stereocenters. The quantitative estimate of drug-likeness (QED) is 0.911. The van der Waals surface area contributed by atoms with Gasteiger partial charge in [0.2, 0.25) is 0 Å². The average molecular weight is 273 g/mol. The molecule has 3 rings (SSSR count). The maximum Gasteiger partial charge on any atom is 0.0583 e. The predicted octanol–water partition coefficient (Wildman–Crippen LogP) is 3.51. The molecule has 2 aliphatic rings. The summed E-state index contributed by atoms with van der Waals surface area (Å²) in [6.45, 7) is 4.41. The van der Waals surface area contributed by atoms with Gasteiger partial charge < -0.3 is 5.11 Å². The molecule has 1 saturated heterocycles. The molecule has 1 saturated carbocycles. The second-order valence-electron chi connectivity index (χ2n) is 6.68. The van der Waals surface area contributed by atoms with Gasteiger partial charge in [0, 0.05) is 18.5 Å². The molecule has 1 aromatic rings. The van der Waals surface area contributed by atoms with Crippen LogP contribution in [-0.2, 0) is 6.54 Å². The molecule has 0 bridgehead atoms. The van der Waals surface area contributed by atoms with Gasteiger partial charge in [0.15, 0.2) is 0 Å². The molecule has 2 fully saturated rings. The summed E-state index contributed by atoms with van der Waals surface area (Å²) < 4.78 is 0. The third kappa shape index (κ3) is 3.07. The summed E-state index contributed by atoms with van der Waals surface area (Å²) in [4.78, 5) is 2.62. The third-order valence-electron chi connectivity index (χ3n) is 5.16. The summed E-state index contributed by atoms with van der Waals surface area (Å²) in [6.07, 6.45) is 7.24. The van der Waals surface area contributed by atoms with Gasteiger partial charge in [-0.1, -0.05) is 42.7 Å². The smallest absolute Gasteiger partial charge is 0.0583 e. The number of aryl methyl sites for hydroxylation is 1. The number of aliphatic hydroxyl groups excluding tert-OH is 1. The molecule has 0 radical (unpaired) electrons. The van der Waals surface area contributed by atoms with Crippen molar-refractivity contribution in [1.29, 1.82) is 0 Å². The van der Waals surface area contributed by atoms with Gasteiger partial charge in [-0.15, -0.1) is 0 Å². The van der Waals surface area contributed by atoms with E-state index in [9.17, 15) is 5.11 Å². The van der Waals surface area contributed by atoms with E-state index in [1.54, 1.807) is 0 Å². The highest BCUT2D eigenvalue weighted by Gasteiger charge is 2.36. The highest BCUT2D eigenvalue weighted by atomic mass is 16.3. The van der Waals surface area contributed by atoms with Gasteiger partial charge in [-0.2, -0.15) is 0 Å². The summed E-state index contributed by atoms with van der Waals surface area (Å²) >= 11 is 0. The van der Waals surface area contributed by atoms with E-state index in [0.717, 1.165) is 13.0 Å². The fourth-order valence-corrected chi connectivity index (χ4v) is 4.17. The molecule has 0 amide bonds. The molecule has 110 valence electrons. The Morgan fingerprint density at radius 3 is 2.80 bits per heavy atom. The van der Waals surface area contributed by atoms with Crippen LogP contribution < -0.4 is 0 Å². The van der Waals surface area contributed by atoms with Gasteiger partial charge in [0.25, 0.3) is 0 Å². The summed E-state index contributed by atoms with van der Waals surface area (Å²) in [6, 6.07) is 9.46. The first-order valence-electron chi connectivity index (χ1n) is 8.22. The monoisotopic (exact) mass is 273 g/mol. The van der Waals surface area contributed by atoms with Crippen molar-refractivity contribution in [2.24, 2.45) is 5.92 Å². The third-order valence-corrected chi connectivity index (χ3v) is 5.16. The van der Waals surface area contributed by atoms with E-state index in [1.807, 2.05) is 0 Å². The average Bonchev–Trinajstić information content (AvgIpc) is 2.87. The Bertz CT molecular complexity index is 445. The lowest BCUT2D eigenvalue weighted by atomic mass is 9.80. The minimum atomic E-state index is -0.0631. The van der Waals surface area contributed by atoms with Gasteiger partial charge in [0.05, 0.1) is 6.10 Å². The number of benzene rings is 1. The van der Waals surface area contributed by atoms with Crippen molar-refractivity contribution in [2.45, 2.75) is 64.1 Å². The SMILES string of the molecule is Cc1cccc(CN2CCCC2C2CCCCC2O)c1. The minimum Gasteiger partial charge on any atom is -0.393 e. The van der Waals surface area contributed by atoms with Gasteiger partial charge in [0.1, 0.15) is 0 Å². The molecule has 1 heterocycles. The zero-order valence-corrected chi connectivity index (χ0v) is 12.6. The van der Waals surface area contributed by atoms with Crippen LogP contribution in [0.5, 0.6) is 0 Å². The van der Waals surface area contributed by atoms with Crippen LogP contribution in [-0.4, -0.2) is 28.7 Å². The Hall–Kier alpha value is -0.860. The molecule has 0 spiro atoms. The maximum atomic E-state index is 10.3. The first-order valence-corrected chi connectivity index (χ1v) is 8.22. The van der Waals surface area contributed by atoms with E-state index < -0.39 is 0 Å². The Morgan fingerprint density at radius 2 is 2.00 bits per heavy atom. The van der Waals surface area contributed by atoms with E-state index in [1.165, 1.54) is 49.8 Å². The summed E-state index contributed by atoms with van der Waals surface area (Å²) in [7, 11) is 0. The lowest BCUT2D eigenvalue weighted by Gasteiger charge is -2.37. The van der Waals surface area contributed by atoms with Crippen LogP contribution >= 0.6 is 0 Å². The fourth-order valence-electron chi connectivity index (χ4n) is 4.17. The number of hydrogen-bond acceptors (Lipinski definition) is 2. The first kappa shape index (κ1) is 14.1. The van der Waals surface area contributed by atoms with Crippen molar-refractivity contribution < 1.29 is 5.11 Å². The molecular weight excluding hydrogens is 246 g/mol. The van der Waals surface area contributed by atoms with Crippen molar-refractivity contribution in [3.63, 3.8) is 0 Å². The molecule has 1 aliphatic heterocycles. The number of hydrogen-bond donors (Lipinski definition) is 1. The molecule has 2 nitrogen and oxygen atoms in total. The second kappa shape index (κ2) is 6.28. The fraction of sp³-hybridized carbons (Fsp3) is 0.667. The van der Waals surface area contributed by atoms with Gasteiger partial charge in [-0.05, 0) is 44.7 Å². The standard InChI is InChI=1S/C18H27NO/c1-14-6-4-7-15(12-14)13-19-11-5-9-17(19)16-8-2-3-10-18(16)20/h4,6-7,12,16-18,20H,2-3,5,8-11,13H2,1H3. The molecular formula is C18H27NO. The van der Waals surface area contributed by atoms with E-state index >= 15 is 0 Å². The molecule has 2 heteroatoms. The van der Waals surface area contributed by atoms with Crippen molar-refractivity contribution in [3.8, 4) is 0 Å². The summed E-state index contributed by atoms with van der Waals surface area (Å²) in [5.74, 6) is 0.510. The van der Waals surface area contributed by atoms with Crippen LogP contribution in [0.4, 0.5) is 0 Å². The van der Waals surface area contributed by atoms with Gasteiger partial charge in [-0.25, -0.2) is 0 Å². The van der Waals surface area contributed by atoms with Crippen LogP contribution in [0.3, 0.4) is 0 Å². The first-order chi connectivity index (χ1) is 9.74. The maximum absolute atomic E-state index is 10.3. The van der Waals surface area contributed by atoms with Gasteiger partial charge in [-0.3, -0.25) is 4.90 Å². The largest absolute Gasteiger partial charge is 0.393 e.